The maximum Gasteiger partial charge on any atom is 0.303 e. The number of carbonyl (C=O) groups is 2. The lowest BCUT2D eigenvalue weighted by Gasteiger charge is -2.09. The molecule has 0 saturated heterocycles. The van der Waals surface area contributed by atoms with Gasteiger partial charge in [-0.3, -0.25) is 9.59 Å². The van der Waals surface area contributed by atoms with Gasteiger partial charge in [0.15, 0.2) is 0 Å². The Hall–Kier alpha value is -1.64. The summed E-state index contributed by atoms with van der Waals surface area (Å²) in [6, 6.07) is 2.75. The van der Waals surface area contributed by atoms with Gasteiger partial charge in [0.1, 0.15) is 4.90 Å². The standard InChI is InChI=1S/C12H13ClN2O5S/c13-8-6-9-7(5-11(16)15-9)4-10(8)21(19,20)14-3-1-2-12(17)18/h4,6,14H,1-3,5H2,(H,15,16)(H,17,18). The van der Waals surface area contributed by atoms with E-state index >= 15 is 0 Å². The predicted octanol–water partition coefficient (Wildman–Crippen LogP) is 0.978. The molecule has 0 radical (unpaired) electrons. The first-order valence-corrected chi connectivity index (χ1v) is 7.99. The Bertz CT molecular complexity index is 702. The zero-order valence-corrected chi connectivity index (χ0v) is 12.4. The third-order valence-corrected chi connectivity index (χ3v) is 4.86. The molecular formula is C12H13ClN2O5S. The van der Waals surface area contributed by atoms with Crippen molar-refractivity contribution in [3.05, 3.63) is 22.7 Å². The van der Waals surface area contributed by atoms with Gasteiger partial charge in [-0.15, -0.1) is 0 Å². The summed E-state index contributed by atoms with van der Waals surface area (Å²) in [5, 5.41) is 11.1. The van der Waals surface area contributed by atoms with Crippen LogP contribution in [0.15, 0.2) is 17.0 Å². The van der Waals surface area contributed by atoms with Gasteiger partial charge in [0.05, 0.1) is 11.4 Å². The second-order valence-electron chi connectivity index (χ2n) is 4.56. The van der Waals surface area contributed by atoms with E-state index in [1.54, 1.807) is 0 Å². The molecule has 1 aromatic rings. The number of carboxylic acids is 1. The van der Waals surface area contributed by atoms with Crippen molar-refractivity contribution in [2.45, 2.75) is 24.2 Å². The first-order valence-electron chi connectivity index (χ1n) is 6.13. The Morgan fingerprint density at radius 2 is 2.14 bits per heavy atom. The lowest BCUT2D eigenvalue weighted by atomic mass is 10.2. The Morgan fingerprint density at radius 1 is 1.43 bits per heavy atom. The molecule has 0 aromatic heterocycles. The van der Waals surface area contributed by atoms with Gasteiger partial charge in [-0.25, -0.2) is 13.1 Å². The van der Waals surface area contributed by atoms with Crippen molar-refractivity contribution in [3.8, 4) is 0 Å². The van der Waals surface area contributed by atoms with Gasteiger partial charge in [-0.2, -0.15) is 0 Å². The van der Waals surface area contributed by atoms with Gasteiger partial charge >= 0.3 is 5.97 Å². The molecule has 21 heavy (non-hydrogen) atoms. The van der Waals surface area contributed by atoms with Crippen LogP contribution in [0, 0.1) is 0 Å². The van der Waals surface area contributed by atoms with E-state index in [2.05, 4.69) is 10.0 Å². The molecule has 0 atom stereocenters. The van der Waals surface area contributed by atoms with Crippen LogP contribution in [-0.4, -0.2) is 31.9 Å². The number of hydrogen-bond donors (Lipinski definition) is 3. The van der Waals surface area contributed by atoms with Crippen LogP contribution in [0.3, 0.4) is 0 Å². The minimum atomic E-state index is -3.84. The maximum atomic E-state index is 12.1. The molecular weight excluding hydrogens is 320 g/mol. The minimum Gasteiger partial charge on any atom is -0.481 e. The molecule has 1 aliphatic rings. The van der Waals surface area contributed by atoms with Crippen LogP contribution in [0.1, 0.15) is 18.4 Å². The fraction of sp³-hybridized carbons (Fsp3) is 0.333. The van der Waals surface area contributed by atoms with E-state index in [1.807, 2.05) is 0 Å². The Morgan fingerprint density at radius 3 is 2.81 bits per heavy atom. The van der Waals surface area contributed by atoms with Crippen LogP contribution < -0.4 is 10.0 Å². The number of hydrogen-bond acceptors (Lipinski definition) is 4. The number of fused-ring (bicyclic) bond motifs is 1. The molecule has 0 fully saturated rings. The molecule has 0 spiro atoms. The third kappa shape index (κ3) is 3.72. The molecule has 0 saturated carbocycles. The number of nitrogens with one attached hydrogen (secondary N) is 2. The molecule has 2 rings (SSSR count). The van der Waals surface area contributed by atoms with Crippen LogP contribution in [0.5, 0.6) is 0 Å². The zero-order chi connectivity index (χ0) is 15.6. The maximum absolute atomic E-state index is 12.1. The lowest BCUT2D eigenvalue weighted by Crippen LogP contribution is -2.25. The zero-order valence-electron chi connectivity index (χ0n) is 10.8. The Balaban J connectivity index is 2.15. The van der Waals surface area contributed by atoms with Gasteiger partial charge < -0.3 is 10.4 Å². The van der Waals surface area contributed by atoms with Crippen LogP contribution in [0.2, 0.25) is 5.02 Å². The first-order chi connectivity index (χ1) is 9.79. The van der Waals surface area contributed by atoms with Crippen molar-refractivity contribution >= 4 is 39.2 Å². The minimum absolute atomic E-state index is 0.000766. The van der Waals surface area contributed by atoms with E-state index in [0.717, 1.165) is 0 Å². The van der Waals surface area contributed by atoms with E-state index < -0.39 is 16.0 Å². The number of halogens is 1. The second kappa shape index (κ2) is 6.00. The summed E-state index contributed by atoms with van der Waals surface area (Å²) in [6.45, 7) is -0.000766. The molecule has 1 aromatic carbocycles. The fourth-order valence-corrected chi connectivity index (χ4v) is 3.61. The van der Waals surface area contributed by atoms with Crippen LogP contribution >= 0.6 is 11.6 Å². The normalized spacial score (nSPS) is 13.9. The highest BCUT2D eigenvalue weighted by atomic mass is 35.5. The smallest absolute Gasteiger partial charge is 0.303 e. The van der Waals surface area contributed by atoms with Gasteiger partial charge in [0.2, 0.25) is 15.9 Å². The molecule has 9 heteroatoms. The number of carboxylic acid groups (broad SMARTS) is 1. The topological polar surface area (TPSA) is 113 Å². The average molecular weight is 333 g/mol. The molecule has 1 heterocycles. The summed E-state index contributed by atoms with van der Waals surface area (Å²) in [5.41, 5.74) is 1.07. The van der Waals surface area contributed by atoms with Crippen molar-refractivity contribution in [3.63, 3.8) is 0 Å². The third-order valence-electron chi connectivity index (χ3n) is 2.93. The Labute approximate surface area is 126 Å². The van der Waals surface area contributed by atoms with Crippen molar-refractivity contribution < 1.29 is 23.1 Å². The molecule has 0 unspecified atom stereocenters. The molecule has 3 N–H and O–H groups in total. The van der Waals surface area contributed by atoms with Crippen LogP contribution in [0.4, 0.5) is 5.69 Å². The summed E-state index contributed by atoms with van der Waals surface area (Å²) < 4.78 is 26.6. The van der Waals surface area contributed by atoms with Crippen LogP contribution in [-0.2, 0) is 26.0 Å². The lowest BCUT2D eigenvalue weighted by molar-refractivity contribution is -0.137. The van der Waals surface area contributed by atoms with Crippen molar-refractivity contribution in [2.24, 2.45) is 0 Å². The monoisotopic (exact) mass is 332 g/mol. The number of benzene rings is 1. The summed E-state index contributed by atoms with van der Waals surface area (Å²) in [7, 11) is -3.84. The van der Waals surface area contributed by atoms with Gasteiger partial charge in [0.25, 0.3) is 0 Å². The highest BCUT2D eigenvalue weighted by Gasteiger charge is 2.24. The number of aliphatic carboxylic acids is 1. The second-order valence-corrected chi connectivity index (χ2v) is 6.70. The number of rotatable bonds is 6. The quantitative estimate of drug-likeness (QED) is 0.672. The molecule has 1 amide bonds. The largest absolute Gasteiger partial charge is 0.481 e. The molecule has 0 aliphatic carbocycles. The summed E-state index contributed by atoms with van der Waals surface area (Å²) in [5.74, 6) is -1.21. The molecule has 7 nitrogen and oxygen atoms in total. The van der Waals surface area contributed by atoms with Gasteiger partial charge in [0, 0.05) is 18.7 Å². The fourth-order valence-electron chi connectivity index (χ4n) is 1.96. The van der Waals surface area contributed by atoms with Crippen molar-refractivity contribution in [2.75, 3.05) is 11.9 Å². The van der Waals surface area contributed by atoms with Crippen molar-refractivity contribution in [1.29, 1.82) is 0 Å². The predicted molar refractivity (Wildman–Crippen MR) is 75.8 cm³/mol. The summed E-state index contributed by atoms with van der Waals surface area (Å²) >= 11 is 5.94. The van der Waals surface area contributed by atoms with Crippen LogP contribution in [0.25, 0.3) is 0 Å². The number of carbonyl (C=O) groups excluding carboxylic acids is 1. The highest BCUT2D eigenvalue weighted by Crippen LogP contribution is 2.32. The van der Waals surface area contributed by atoms with Gasteiger partial charge in [-0.1, -0.05) is 11.6 Å². The summed E-state index contributed by atoms with van der Waals surface area (Å²) in [6.07, 6.45) is 0.157. The van der Waals surface area contributed by atoms with Gasteiger partial charge in [-0.05, 0) is 24.1 Å². The number of sulfonamides is 1. The number of amides is 1. The highest BCUT2D eigenvalue weighted by molar-refractivity contribution is 7.89. The Kier molecular flexibility index (Phi) is 4.50. The first kappa shape index (κ1) is 15.7. The SMILES string of the molecule is O=C(O)CCCNS(=O)(=O)c1cc2c(cc1Cl)NC(=O)C2. The molecule has 0 bridgehead atoms. The van der Waals surface area contributed by atoms with Crippen molar-refractivity contribution in [1.82, 2.24) is 4.72 Å². The average Bonchev–Trinajstić information content (AvgIpc) is 2.72. The van der Waals surface area contributed by atoms with E-state index in [0.29, 0.717) is 11.3 Å². The summed E-state index contributed by atoms with van der Waals surface area (Å²) in [4.78, 5) is 21.5. The molecule has 114 valence electrons. The van der Waals surface area contributed by atoms with E-state index in [9.17, 15) is 18.0 Å². The van der Waals surface area contributed by atoms with E-state index in [4.69, 9.17) is 16.7 Å². The number of anilines is 1. The van der Waals surface area contributed by atoms with E-state index in [-0.39, 0.29) is 41.6 Å². The molecule has 1 aliphatic heterocycles. The van der Waals surface area contributed by atoms with E-state index in [1.165, 1.54) is 12.1 Å².